The number of benzene rings is 2. The molecule has 0 radical (unpaired) electrons. The first kappa shape index (κ1) is 21.1. The van der Waals surface area contributed by atoms with E-state index in [-0.39, 0.29) is 30.7 Å². The summed E-state index contributed by atoms with van der Waals surface area (Å²) in [6, 6.07) is 14.0. The third kappa shape index (κ3) is 3.03. The number of ether oxygens (including phenoxy) is 1. The highest BCUT2D eigenvalue weighted by atomic mass is 16.5. The first-order chi connectivity index (χ1) is 15.9. The van der Waals surface area contributed by atoms with Crippen LogP contribution in [0.25, 0.3) is 0 Å². The van der Waals surface area contributed by atoms with Crippen LogP contribution >= 0.6 is 0 Å². The average Bonchev–Trinajstić information content (AvgIpc) is 3.39. The molecule has 0 aromatic heterocycles. The van der Waals surface area contributed by atoms with Crippen molar-refractivity contribution in [3.8, 4) is 5.75 Å². The van der Waals surface area contributed by atoms with Crippen molar-refractivity contribution in [2.24, 2.45) is 17.6 Å². The number of nitrogens with one attached hydrogen (secondary N) is 1. The smallest absolute Gasteiger partial charge is 0.291 e. The van der Waals surface area contributed by atoms with Crippen LogP contribution in [0.3, 0.4) is 0 Å². The number of quaternary nitrogens is 1. The second-order valence-corrected chi connectivity index (χ2v) is 8.78. The fourth-order valence-corrected chi connectivity index (χ4v) is 5.71. The van der Waals surface area contributed by atoms with Gasteiger partial charge < -0.3 is 21.1 Å². The van der Waals surface area contributed by atoms with Gasteiger partial charge in [-0.2, -0.15) is 0 Å². The zero-order chi connectivity index (χ0) is 23.3. The maximum atomic E-state index is 13.8. The van der Waals surface area contributed by atoms with Gasteiger partial charge in [0.15, 0.2) is 0 Å². The van der Waals surface area contributed by atoms with E-state index in [0.29, 0.717) is 29.0 Å². The quantitative estimate of drug-likeness (QED) is 0.528. The molecule has 5 N–H and O–H groups in total. The zero-order valence-electron chi connectivity index (χ0n) is 18.1. The number of anilines is 1. The maximum Gasteiger partial charge on any atom is 0.291 e. The Morgan fingerprint density at radius 3 is 2.61 bits per heavy atom. The summed E-state index contributed by atoms with van der Waals surface area (Å²) in [5, 5.41) is 4.69. The molecule has 9 heteroatoms. The summed E-state index contributed by atoms with van der Waals surface area (Å²) in [6.45, 7) is 0.0521. The van der Waals surface area contributed by atoms with Crippen LogP contribution in [0.15, 0.2) is 48.5 Å². The number of hydrogen-bond donors (Lipinski definition) is 3. The van der Waals surface area contributed by atoms with Gasteiger partial charge in [-0.1, -0.05) is 36.4 Å². The predicted octanol–water partition coefficient (Wildman–Crippen LogP) is -0.145. The molecule has 5 rings (SSSR count). The van der Waals surface area contributed by atoms with Gasteiger partial charge in [-0.25, -0.2) is 0 Å². The van der Waals surface area contributed by atoms with E-state index in [1.54, 1.807) is 18.2 Å². The molecule has 4 atom stereocenters. The molecule has 2 saturated heterocycles. The highest BCUT2D eigenvalue weighted by Crippen LogP contribution is 2.49. The second-order valence-electron chi connectivity index (χ2n) is 8.78. The lowest BCUT2D eigenvalue weighted by Gasteiger charge is -2.26. The number of likely N-dealkylation sites (tertiary alicyclic amines) is 1. The van der Waals surface area contributed by atoms with Crippen molar-refractivity contribution >= 4 is 29.3 Å². The molecule has 3 heterocycles. The lowest BCUT2D eigenvalue weighted by atomic mass is 9.76. The first-order valence-electron chi connectivity index (χ1n) is 10.9. The maximum absolute atomic E-state index is 13.8. The number of primary amides is 1. The van der Waals surface area contributed by atoms with Gasteiger partial charge in [0.1, 0.15) is 23.6 Å². The summed E-state index contributed by atoms with van der Waals surface area (Å²) in [6.07, 6.45) is 0.368. The van der Waals surface area contributed by atoms with Gasteiger partial charge in [0.2, 0.25) is 23.3 Å². The minimum atomic E-state index is -1.26. The number of carbonyl (C=O) groups is 4. The van der Waals surface area contributed by atoms with E-state index in [0.717, 1.165) is 0 Å². The van der Waals surface area contributed by atoms with E-state index >= 15 is 0 Å². The fraction of sp³-hybridized carbons (Fsp3) is 0.333. The number of para-hydroxylation sites is 2. The monoisotopic (exact) mass is 449 g/mol. The molecule has 170 valence electrons. The van der Waals surface area contributed by atoms with Crippen LogP contribution in [0.4, 0.5) is 5.69 Å². The minimum Gasteiger partial charge on any atom is -0.496 e. The molecule has 2 aromatic rings. The van der Waals surface area contributed by atoms with E-state index < -0.39 is 29.3 Å². The molecule has 1 spiro atoms. The van der Waals surface area contributed by atoms with Gasteiger partial charge in [0.05, 0.1) is 19.3 Å². The molecule has 0 unspecified atom stereocenters. The number of amides is 4. The Morgan fingerprint density at radius 2 is 1.85 bits per heavy atom. The molecule has 3 aliphatic heterocycles. The molecule has 0 aliphatic carbocycles. The molecule has 0 saturated carbocycles. The topological polar surface area (TPSA) is 135 Å². The van der Waals surface area contributed by atoms with Gasteiger partial charge in [-0.15, -0.1) is 0 Å². The first-order valence-corrected chi connectivity index (χ1v) is 10.9. The largest absolute Gasteiger partial charge is 0.496 e. The minimum absolute atomic E-state index is 0.0521. The van der Waals surface area contributed by atoms with Gasteiger partial charge in [-0.3, -0.25) is 24.1 Å². The third-order valence-corrected chi connectivity index (χ3v) is 7.11. The third-order valence-electron chi connectivity index (χ3n) is 7.11. The van der Waals surface area contributed by atoms with Gasteiger partial charge >= 0.3 is 0 Å². The number of rotatable bonds is 6. The summed E-state index contributed by atoms with van der Waals surface area (Å²) in [4.78, 5) is 53.5. The Labute approximate surface area is 190 Å². The van der Waals surface area contributed by atoms with E-state index in [4.69, 9.17) is 10.5 Å². The van der Waals surface area contributed by atoms with Crippen LogP contribution in [-0.4, -0.2) is 41.7 Å². The van der Waals surface area contributed by atoms with Crippen LogP contribution in [0, 0.1) is 11.8 Å². The molecule has 2 aromatic carbocycles. The summed E-state index contributed by atoms with van der Waals surface area (Å²) < 4.78 is 5.39. The highest BCUT2D eigenvalue weighted by Gasteiger charge is 2.74. The lowest BCUT2D eigenvalue weighted by molar-refractivity contribution is -0.734. The molecule has 4 amide bonds. The Morgan fingerprint density at radius 1 is 1.12 bits per heavy atom. The number of methoxy groups -OCH3 is 1. The molecular formula is C24H25N4O5+. The Hall–Kier alpha value is -3.72. The highest BCUT2D eigenvalue weighted by molar-refractivity contribution is 6.13. The molecule has 0 bridgehead atoms. The van der Waals surface area contributed by atoms with Crippen molar-refractivity contribution in [2.75, 3.05) is 12.4 Å². The van der Waals surface area contributed by atoms with Crippen molar-refractivity contribution in [1.29, 1.82) is 0 Å². The summed E-state index contributed by atoms with van der Waals surface area (Å²) >= 11 is 0. The van der Waals surface area contributed by atoms with E-state index in [9.17, 15) is 19.2 Å². The number of imide groups is 1. The number of nitrogens with two attached hydrogens (primary N) is 2. The van der Waals surface area contributed by atoms with Crippen molar-refractivity contribution in [2.45, 2.75) is 31.0 Å². The number of fused-ring (bicyclic) bond motifs is 4. The Kier molecular flexibility index (Phi) is 4.93. The number of nitrogens with zero attached hydrogens (tertiary/aromatic N) is 1. The van der Waals surface area contributed by atoms with E-state index in [1.165, 1.54) is 12.0 Å². The average molecular weight is 449 g/mol. The van der Waals surface area contributed by atoms with Gasteiger partial charge in [0.25, 0.3) is 5.91 Å². The summed E-state index contributed by atoms with van der Waals surface area (Å²) in [5.74, 6) is -2.56. The normalized spacial score (nSPS) is 27.6. The van der Waals surface area contributed by atoms with Crippen molar-refractivity contribution < 1.29 is 29.2 Å². The SMILES string of the molecule is COc1ccccc1CN1C(=O)[C@H]2[C@H](CCC(N)=O)[NH2+][C@]3(C(=O)Nc4ccccc43)[C@@H]2C1=O. The molecule has 3 aliphatic rings. The van der Waals surface area contributed by atoms with Crippen molar-refractivity contribution in [3.05, 3.63) is 59.7 Å². The van der Waals surface area contributed by atoms with Crippen LogP contribution in [0.5, 0.6) is 5.75 Å². The van der Waals surface area contributed by atoms with E-state index in [2.05, 4.69) is 5.32 Å². The van der Waals surface area contributed by atoms with Crippen LogP contribution in [-0.2, 0) is 31.3 Å². The number of hydrogen-bond acceptors (Lipinski definition) is 5. The van der Waals surface area contributed by atoms with Crippen LogP contribution in [0.2, 0.25) is 0 Å². The molecule has 9 nitrogen and oxygen atoms in total. The lowest BCUT2D eigenvalue weighted by Crippen LogP contribution is -2.99. The number of carbonyl (C=O) groups excluding carboxylic acids is 4. The van der Waals surface area contributed by atoms with Gasteiger partial charge in [-0.05, 0) is 12.1 Å². The van der Waals surface area contributed by atoms with E-state index in [1.807, 2.05) is 35.6 Å². The second kappa shape index (κ2) is 7.70. The van der Waals surface area contributed by atoms with Crippen molar-refractivity contribution in [3.63, 3.8) is 0 Å². The van der Waals surface area contributed by atoms with Crippen LogP contribution in [0.1, 0.15) is 24.0 Å². The summed E-state index contributed by atoms with van der Waals surface area (Å²) in [7, 11) is 1.53. The molecule has 2 fully saturated rings. The van der Waals surface area contributed by atoms with Crippen LogP contribution < -0.4 is 21.1 Å². The molecular weight excluding hydrogens is 424 g/mol. The Bertz CT molecular complexity index is 1180. The van der Waals surface area contributed by atoms with Crippen molar-refractivity contribution in [1.82, 2.24) is 4.90 Å². The molecule has 33 heavy (non-hydrogen) atoms. The summed E-state index contributed by atoms with van der Waals surface area (Å²) in [5.41, 5.74) is 6.13. The van der Waals surface area contributed by atoms with Gasteiger partial charge in [0, 0.05) is 24.0 Å². The standard InChI is InChI=1S/C24H24N4O5/c1-33-17-9-5-2-6-13(17)12-28-21(30)19-16(10-11-18(25)29)27-24(20(19)22(28)31)14-7-3-4-8-15(14)26-23(24)32/h2-9,16,19-20,27H,10-12H2,1H3,(H2,25,29)(H,26,32)/p+1/t16-,19-,20-,24-/m0/s1. The Balaban J connectivity index is 1.57. The zero-order valence-corrected chi connectivity index (χ0v) is 18.1. The fourth-order valence-electron chi connectivity index (χ4n) is 5.71. The predicted molar refractivity (Wildman–Crippen MR) is 116 cm³/mol.